The van der Waals surface area contributed by atoms with Crippen molar-refractivity contribution in [3.05, 3.63) is 130 Å². The molecule has 236 valence electrons. The lowest BCUT2D eigenvalue weighted by Gasteiger charge is -2.32. The number of ether oxygens (including phenoxy) is 1. The summed E-state index contributed by atoms with van der Waals surface area (Å²) in [5.41, 5.74) is 3.35. The summed E-state index contributed by atoms with van der Waals surface area (Å²) in [6.07, 6.45) is 0.811. The second kappa shape index (κ2) is 16.2. The topological polar surface area (TPSA) is 105 Å². The van der Waals surface area contributed by atoms with Gasteiger partial charge in [-0.2, -0.15) is 0 Å². The van der Waals surface area contributed by atoms with Crippen molar-refractivity contribution in [3.63, 3.8) is 0 Å². The van der Waals surface area contributed by atoms with Gasteiger partial charge in [-0.3, -0.25) is 9.59 Å². The van der Waals surface area contributed by atoms with Gasteiger partial charge in [0.25, 0.3) is 0 Å². The molecule has 8 nitrogen and oxygen atoms in total. The first-order chi connectivity index (χ1) is 21.7. The van der Waals surface area contributed by atoms with Crippen LogP contribution in [-0.4, -0.2) is 44.8 Å². The summed E-state index contributed by atoms with van der Waals surface area (Å²) in [5, 5.41) is 3.55. The van der Waals surface area contributed by atoms with E-state index in [2.05, 4.69) is 10.0 Å². The van der Waals surface area contributed by atoms with E-state index in [0.717, 1.165) is 22.3 Å². The monoisotopic (exact) mass is 647 g/mol. The van der Waals surface area contributed by atoms with Crippen molar-refractivity contribution in [2.75, 3.05) is 13.7 Å². The van der Waals surface area contributed by atoms with Gasteiger partial charge in [0.1, 0.15) is 11.8 Å². The Labute approximate surface area is 270 Å². The van der Waals surface area contributed by atoms with Crippen molar-refractivity contribution in [2.45, 2.75) is 50.2 Å². The number of carbonyl (C=O) groups excluding carboxylic acids is 2. The van der Waals surface area contributed by atoms with Gasteiger partial charge in [0.05, 0.1) is 12.0 Å². The molecule has 0 spiro atoms. The van der Waals surface area contributed by atoms with Gasteiger partial charge >= 0.3 is 0 Å². The van der Waals surface area contributed by atoms with Gasteiger partial charge in [-0.15, -0.1) is 0 Å². The Morgan fingerprint density at radius 1 is 0.844 bits per heavy atom. The standard InChI is InChI=1S/C35H38ClN3O5S/c1-3-38-45(42,43)31-20-15-26(16-21-31)17-22-34(40)39(25-28-13-18-30(44-2)19-14-28)33(23-27-9-5-4-6-10-27)35(41)37-24-29-11-7-8-12-32(29)36/h4-16,18-21,33,38H,3,17,22-25H2,1-2H3,(H,37,41)/t33-/m0/s1. The molecule has 0 aliphatic carbocycles. The van der Waals surface area contributed by atoms with Gasteiger partial charge in [-0.05, 0) is 59.0 Å². The molecule has 0 unspecified atom stereocenters. The van der Waals surface area contributed by atoms with Crippen molar-refractivity contribution in [1.29, 1.82) is 0 Å². The van der Waals surface area contributed by atoms with E-state index < -0.39 is 16.1 Å². The number of halogens is 1. The number of carbonyl (C=O) groups is 2. The molecule has 4 rings (SSSR count). The van der Waals surface area contributed by atoms with Crippen LogP contribution in [0.15, 0.2) is 108 Å². The molecule has 4 aromatic rings. The third-order valence-electron chi connectivity index (χ3n) is 7.39. The lowest BCUT2D eigenvalue weighted by molar-refractivity contribution is -0.141. The zero-order chi connectivity index (χ0) is 32.2. The van der Waals surface area contributed by atoms with Crippen LogP contribution in [0.3, 0.4) is 0 Å². The lowest BCUT2D eigenvalue weighted by atomic mass is 10.0. The SMILES string of the molecule is CCNS(=O)(=O)c1ccc(CCC(=O)N(Cc2ccc(OC)cc2)[C@@H](Cc2ccccc2)C(=O)NCc2ccccc2Cl)cc1. The highest BCUT2D eigenvalue weighted by atomic mass is 35.5. The zero-order valence-electron chi connectivity index (χ0n) is 25.4. The number of sulfonamides is 1. The molecule has 0 heterocycles. The molecule has 0 aromatic heterocycles. The lowest BCUT2D eigenvalue weighted by Crippen LogP contribution is -2.50. The normalized spacial score (nSPS) is 11.9. The smallest absolute Gasteiger partial charge is 0.243 e. The van der Waals surface area contributed by atoms with Gasteiger partial charge in [0.15, 0.2) is 0 Å². The number of hydrogen-bond acceptors (Lipinski definition) is 5. The maximum atomic E-state index is 14.0. The number of amides is 2. The molecule has 0 aliphatic rings. The van der Waals surface area contributed by atoms with Gasteiger partial charge < -0.3 is 15.0 Å². The number of rotatable bonds is 15. The maximum Gasteiger partial charge on any atom is 0.243 e. The van der Waals surface area contributed by atoms with Crippen LogP contribution in [0.5, 0.6) is 5.75 Å². The molecule has 0 aliphatic heterocycles. The minimum Gasteiger partial charge on any atom is -0.497 e. The van der Waals surface area contributed by atoms with E-state index in [4.69, 9.17) is 16.3 Å². The fraction of sp³-hybridized carbons (Fsp3) is 0.257. The highest BCUT2D eigenvalue weighted by Gasteiger charge is 2.30. The van der Waals surface area contributed by atoms with Crippen LogP contribution < -0.4 is 14.8 Å². The Hall–Kier alpha value is -4.18. The quantitative estimate of drug-likeness (QED) is 0.176. The van der Waals surface area contributed by atoms with Crippen molar-refractivity contribution >= 4 is 33.4 Å². The molecule has 10 heteroatoms. The number of aryl methyl sites for hydroxylation is 1. The van der Waals surface area contributed by atoms with Crippen LogP contribution in [0.4, 0.5) is 0 Å². The van der Waals surface area contributed by atoms with Gasteiger partial charge in [0, 0.05) is 37.5 Å². The van der Waals surface area contributed by atoms with Crippen LogP contribution in [-0.2, 0) is 45.5 Å². The van der Waals surface area contributed by atoms with E-state index >= 15 is 0 Å². The molecule has 4 aromatic carbocycles. The van der Waals surface area contributed by atoms with Crippen molar-refractivity contribution in [1.82, 2.24) is 14.9 Å². The molecule has 45 heavy (non-hydrogen) atoms. The molecule has 0 bridgehead atoms. The summed E-state index contributed by atoms with van der Waals surface area (Å²) in [4.78, 5) is 29.7. The third kappa shape index (κ3) is 9.65. The van der Waals surface area contributed by atoms with Crippen LogP contribution in [0.1, 0.15) is 35.6 Å². The summed E-state index contributed by atoms with van der Waals surface area (Å²) in [5.74, 6) is 0.192. The Morgan fingerprint density at radius 2 is 1.49 bits per heavy atom. The van der Waals surface area contributed by atoms with E-state index in [1.807, 2.05) is 72.8 Å². The highest BCUT2D eigenvalue weighted by molar-refractivity contribution is 7.89. The second-order valence-corrected chi connectivity index (χ2v) is 12.7. The molecule has 0 saturated carbocycles. The molecular weight excluding hydrogens is 610 g/mol. The summed E-state index contributed by atoms with van der Waals surface area (Å²) in [7, 11) is -1.99. The largest absolute Gasteiger partial charge is 0.497 e. The van der Waals surface area contributed by atoms with Crippen molar-refractivity contribution < 1.29 is 22.7 Å². The van der Waals surface area contributed by atoms with Crippen molar-refractivity contribution in [3.8, 4) is 5.75 Å². The number of nitrogens with zero attached hydrogens (tertiary/aromatic N) is 1. The van der Waals surface area contributed by atoms with Crippen LogP contribution in [0.2, 0.25) is 5.02 Å². The third-order valence-corrected chi connectivity index (χ3v) is 9.32. The first kappa shape index (κ1) is 33.7. The van der Waals surface area contributed by atoms with E-state index in [1.165, 1.54) is 12.1 Å². The minimum absolute atomic E-state index is 0.124. The summed E-state index contributed by atoms with van der Waals surface area (Å²) in [6.45, 7) is 2.44. The Bertz CT molecular complexity index is 1660. The molecule has 2 N–H and O–H groups in total. The molecular formula is C35H38ClN3O5S. The molecule has 0 fully saturated rings. The van der Waals surface area contributed by atoms with E-state index in [9.17, 15) is 18.0 Å². The van der Waals surface area contributed by atoms with Gasteiger partial charge in [0.2, 0.25) is 21.8 Å². The summed E-state index contributed by atoms with van der Waals surface area (Å²) in [6, 6.07) is 30.0. The average molecular weight is 648 g/mol. The molecule has 0 radical (unpaired) electrons. The van der Waals surface area contributed by atoms with Crippen LogP contribution >= 0.6 is 11.6 Å². The molecule has 1 atom stereocenters. The molecule has 2 amide bonds. The van der Waals surface area contributed by atoms with E-state index in [0.29, 0.717) is 30.2 Å². The fourth-order valence-electron chi connectivity index (χ4n) is 4.93. The number of benzene rings is 4. The summed E-state index contributed by atoms with van der Waals surface area (Å²) < 4.78 is 32.5. The Morgan fingerprint density at radius 3 is 2.13 bits per heavy atom. The number of hydrogen-bond donors (Lipinski definition) is 2. The summed E-state index contributed by atoms with van der Waals surface area (Å²) >= 11 is 6.35. The first-order valence-electron chi connectivity index (χ1n) is 14.8. The molecule has 0 saturated heterocycles. The van der Waals surface area contributed by atoms with Gasteiger partial charge in [-0.1, -0.05) is 91.3 Å². The number of methoxy groups -OCH3 is 1. The van der Waals surface area contributed by atoms with E-state index in [1.54, 1.807) is 37.1 Å². The number of nitrogens with one attached hydrogen (secondary N) is 2. The van der Waals surface area contributed by atoms with Crippen LogP contribution in [0, 0.1) is 0 Å². The zero-order valence-corrected chi connectivity index (χ0v) is 27.0. The average Bonchev–Trinajstić information content (AvgIpc) is 3.05. The minimum atomic E-state index is -3.58. The van der Waals surface area contributed by atoms with Crippen LogP contribution in [0.25, 0.3) is 0 Å². The van der Waals surface area contributed by atoms with E-state index in [-0.39, 0.29) is 36.2 Å². The first-order valence-corrected chi connectivity index (χ1v) is 16.6. The fourth-order valence-corrected chi connectivity index (χ4v) is 6.17. The van der Waals surface area contributed by atoms with Crippen molar-refractivity contribution in [2.24, 2.45) is 0 Å². The highest BCUT2D eigenvalue weighted by Crippen LogP contribution is 2.20. The Kier molecular flexibility index (Phi) is 12.2. The second-order valence-electron chi connectivity index (χ2n) is 10.5. The predicted octanol–water partition coefficient (Wildman–Crippen LogP) is 5.54. The predicted molar refractivity (Wildman–Crippen MR) is 176 cm³/mol. The maximum absolute atomic E-state index is 14.0. The Balaban J connectivity index is 1.60. The van der Waals surface area contributed by atoms with Gasteiger partial charge in [-0.25, -0.2) is 13.1 Å².